The minimum atomic E-state index is -0.627. The van der Waals surface area contributed by atoms with Crippen LogP contribution >= 0.6 is 0 Å². The number of carbonyl (C=O) groups is 3. The molecule has 5 nitrogen and oxygen atoms in total. The maximum Gasteiger partial charge on any atom is 0.305 e. The standard InChI is InChI=1S/C14H17NO4/c1-10(12(16)8-9-13(17)19-2)15-14(18)11-6-4-3-5-7-11/h3-7,10H,8-9H2,1-2H3,(H,15,18)/t10-/m0/s1. The number of ketones is 1. The molecule has 1 atom stereocenters. The summed E-state index contributed by atoms with van der Waals surface area (Å²) in [6.07, 6.45) is 0.0871. The smallest absolute Gasteiger partial charge is 0.305 e. The Balaban J connectivity index is 2.46. The van der Waals surface area contributed by atoms with E-state index in [0.29, 0.717) is 5.56 Å². The maximum absolute atomic E-state index is 11.8. The summed E-state index contributed by atoms with van der Waals surface area (Å²) in [6, 6.07) is 8.01. The summed E-state index contributed by atoms with van der Waals surface area (Å²) in [6.45, 7) is 1.60. The van der Waals surface area contributed by atoms with E-state index in [-0.39, 0.29) is 24.5 Å². The van der Waals surface area contributed by atoms with E-state index < -0.39 is 12.0 Å². The Hall–Kier alpha value is -2.17. The first kappa shape index (κ1) is 14.9. The normalized spacial score (nSPS) is 11.5. The van der Waals surface area contributed by atoms with Gasteiger partial charge in [0.2, 0.25) is 0 Å². The van der Waals surface area contributed by atoms with Crippen molar-refractivity contribution in [3.05, 3.63) is 35.9 Å². The van der Waals surface area contributed by atoms with Crippen LogP contribution < -0.4 is 5.32 Å². The predicted octanol–water partition coefficient (Wildman–Crippen LogP) is 1.33. The average molecular weight is 263 g/mol. The number of amides is 1. The fourth-order valence-corrected chi connectivity index (χ4v) is 1.49. The Morgan fingerprint density at radius 1 is 1.16 bits per heavy atom. The number of carbonyl (C=O) groups excluding carboxylic acids is 3. The molecule has 0 fully saturated rings. The lowest BCUT2D eigenvalue weighted by atomic mass is 10.1. The van der Waals surface area contributed by atoms with Gasteiger partial charge in [-0.1, -0.05) is 18.2 Å². The van der Waals surface area contributed by atoms with E-state index in [1.54, 1.807) is 31.2 Å². The van der Waals surface area contributed by atoms with Gasteiger partial charge in [-0.3, -0.25) is 14.4 Å². The van der Waals surface area contributed by atoms with Crippen LogP contribution in [0.4, 0.5) is 0 Å². The van der Waals surface area contributed by atoms with Gasteiger partial charge in [-0.15, -0.1) is 0 Å². The largest absolute Gasteiger partial charge is 0.469 e. The Morgan fingerprint density at radius 3 is 2.37 bits per heavy atom. The van der Waals surface area contributed by atoms with Gasteiger partial charge in [0.05, 0.1) is 19.6 Å². The first-order valence-corrected chi connectivity index (χ1v) is 6.00. The summed E-state index contributed by atoms with van der Waals surface area (Å²) in [5.74, 6) is -0.941. The topological polar surface area (TPSA) is 72.5 Å². The van der Waals surface area contributed by atoms with E-state index >= 15 is 0 Å². The van der Waals surface area contributed by atoms with Gasteiger partial charge in [0.15, 0.2) is 5.78 Å². The number of nitrogens with one attached hydrogen (secondary N) is 1. The molecule has 102 valence electrons. The molecule has 0 aromatic heterocycles. The highest BCUT2D eigenvalue weighted by Gasteiger charge is 2.17. The third-order valence-corrected chi connectivity index (χ3v) is 2.67. The number of methoxy groups -OCH3 is 1. The predicted molar refractivity (Wildman–Crippen MR) is 69.6 cm³/mol. The van der Waals surface area contributed by atoms with Crippen molar-refractivity contribution < 1.29 is 19.1 Å². The molecule has 1 aromatic rings. The minimum absolute atomic E-state index is 0.0287. The van der Waals surface area contributed by atoms with Crippen molar-refractivity contribution >= 4 is 17.7 Å². The highest BCUT2D eigenvalue weighted by atomic mass is 16.5. The van der Waals surface area contributed by atoms with Crippen molar-refractivity contribution in [1.29, 1.82) is 0 Å². The van der Waals surface area contributed by atoms with E-state index in [9.17, 15) is 14.4 Å². The second-order valence-electron chi connectivity index (χ2n) is 4.10. The van der Waals surface area contributed by atoms with Crippen molar-refractivity contribution in [2.75, 3.05) is 7.11 Å². The summed E-state index contributed by atoms with van der Waals surface area (Å²) in [5.41, 5.74) is 0.495. The van der Waals surface area contributed by atoms with E-state index in [0.717, 1.165) is 0 Å². The Kier molecular flexibility index (Phi) is 5.73. The number of hydrogen-bond donors (Lipinski definition) is 1. The highest BCUT2D eigenvalue weighted by Crippen LogP contribution is 2.02. The van der Waals surface area contributed by atoms with E-state index in [4.69, 9.17) is 0 Å². The van der Waals surface area contributed by atoms with Gasteiger partial charge >= 0.3 is 5.97 Å². The van der Waals surface area contributed by atoms with E-state index in [1.165, 1.54) is 7.11 Å². The third-order valence-electron chi connectivity index (χ3n) is 2.67. The molecule has 1 amide bonds. The van der Waals surface area contributed by atoms with Gasteiger partial charge < -0.3 is 10.1 Å². The number of rotatable bonds is 6. The Morgan fingerprint density at radius 2 is 1.79 bits per heavy atom. The van der Waals surface area contributed by atoms with Crippen molar-refractivity contribution in [3.63, 3.8) is 0 Å². The first-order chi connectivity index (χ1) is 9.04. The fourth-order valence-electron chi connectivity index (χ4n) is 1.49. The molecule has 0 saturated carbocycles. The SMILES string of the molecule is COC(=O)CCC(=O)[C@H](C)NC(=O)c1ccccc1. The number of Topliss-reactive ketones (excluding diaryl/α,β-unsaturated/α-hetero) is 1. The molecule has 0 aliphatic heterocycles. The molecule has 0 aliphatic rings. The zero-order valence-corrected chi connectivity index (χ0v) is 11.0. The van der Waals surface area contributed by atoms with Crippen LogP contribution in [0.25, 0.3) is 0 Å². The van der Waals surface area contributed by atoms with E-state index in [1.807, 2.05) is 6.07 Å². The molecule has 0 unspecified atom stereocenters. The number of ether oxygens (including phenoxy) is 1. The zero-order chi connectivity index (χ0) is 14.3. The Bertz CT molecular complexity index is 456. The molecule has 0 radical (unpaired) electrons. The summed E-state index contributed by atoms with van der Waals surface area (Å²) < 4.78 is 4.45. The summed E-state index contributed by atoms with van der Waals surface area (Å²) >= 11 is 0. The van der Waals surface area contributed by atoms with Crippen molar-refractivity contribution in [2.45, 2.75) is 25.8 Å². The van der Waals surface area contributed by atoms with E-state index in [2.05, 4.69) is 10.1 Å². The molecule has 5 heteroatoms. The second kappa shape index (κ2) is 7.31. The van der Waals surface area contributed by atoms with Gasteiger partial charge in [0.25, 0.3) is 5.91 Å². The first-order valence-electron chi connectivity index (χ1n) is 6.00. The van der Waals surface area contributed by atoms with Gasteiger partial charge in [0, 0.05) is 12.0 Å². The summed E-state index contributed by atoms with van der Waals surface area (Å²) in [4.78, 5) is 34.4. The molecule has 0 bridgehead atoms. The van der Waals surface area contributed by atoms with Crippen LogP contribution in [0.5, 0.6) is 0 Å². The van der Waals surface area contributed by atoms with Crippen LogP contribution in [0.1, 0.15) is 30.1 Å². The summed E-state index contributed by atoms with van der Waals surface area (Å²) in [5, 5.41) is 2.60. The second-order valence-corrected chi connectivity index (χ2v) is 4.10. The fraction of sp³-hybridized carbons (Fsp3) is 0.357. The maximum atomic E-state index is 11.8. The molecule has 0 heterocycles. The number of benzene rings is 1. The van der Waals surface area contributed by atoms with Crippen molar-refractivity contribution in [2.24, 2.45) is 0 Å². The lowest BCUT2D eigenvalue weighted by Gasteiger charge is -2.12. The molecular weight excluding hydrogens is 246 g/mol. The van der Waals surface area contributed by atoms with Crippen molar-refractivity contribution in [1.82, 2.24) is 5.32 Å². The van der Waals surface area contributed by atoms with Crippen LogP contribution in [0.15, 0.2) is 30.3 Å². The quantitative estimate of drug-likeness (QED) is 0.786. The molecule has 1 aromatic carbocycles. The van der Waals surface area contributed by atoms with Crippen LogP contribution in [-0.2, 0) is 14.3 Å². The van der Waals surface area contributed by atoms with Gasteiger partial charge in [-0.25, -0.2) is 0 Å². The molecule has 1 N–H and O–H groups in total. The molecule has 0 spiro atoms. The third kappa shape index (κ3) is 4.91. The van der Waals surface area contributed by atoms with Gasteiger partial charge in [0.1, 0.15) is 0 Å². The summed E-state index contributed by atoms with van der Waals surface area (Å²) in [7, 11) is 1.27. The molecule has 1 rings (SSSR count). The molecule has 0 saturated heterocycles. The lowest BCUT2D eigenvalue weighted by Crippen LogP contribution is -2.38. The number of esters is 1. The van der Waals surface area contributed by atoms with Crippen LogP contribution in [-0.4, -0.2) is 30.8 Å². The average Bonchev–Trinajstić information content (AvgIpc) is 2.44. The lowest BCUT2D eigenvalue weighted by molar-refractivity contribution is -0.142. The number of hydrogen-bond acceptors (Lipinski definition) is 4. The van der Waals surface area contributed by atoms with Gasteiger partial charge in [-0.2, -0.15) is 0 Å². The minimum Gasteiger partial charge on any atom is -0.469 e. The van der Waals surface area contributed by atoms with Gasteiger partial charge in [-0.05, 0) is 19.1 Å². The zero-order valence-electron chi connectivity index (χ0n) is 11.0. The molecule has 0 aliphatic carbocycles. The molecular formula is C14H17NO4. The monoisotopic (exact) mass is 263 g/mol. The van der Waals surface area contributed by atoms with Crippen LogP contribution in [0.3, 0.4) is 0 Å². The van der Waals surface area contributed by atoms with Crippen molar-refractivity contribution in [3.8, 4) is 0 Å². The van der Waals surface area contributed by atoms with Crippen LogP contribution in [0, 0.1) is 0 Å². The highest BCUT2D eigenvalue weighted by molar-refractivity contribution is 5.98. The molecule has 19 heavy (non-hydrogen) atoms. The Labute approximate surface area is 111 Å². The van der Waals surface area contributed by atoms with Crippen LogP contribution in [0.2, 0.25) is 0 Å².